The standard InChI is InChI=1S/C20H18F2N2O2/c1-12-4-3-5-17(13(12)2)24-19(25)8-9-20-23-11-18(26-20)15-7-6-14(21)10-16(15)22/h3-7,10-11H,8-9H2,1-2H3,(H,24,25). The molecular formula is C20H18F2N2O2. The van der Waals surface area contributed by atoms with Crippen LogP contribution in [0.2, 0.25) is 0 Å². The number of nitrogens with zero attached hydrogens (tertiary/aromatic N) is 1. The number of carbonyl (C=O) groups is 1. The first-order chi connectivity index (χ1) is 12.4. The van der Waals surface area contributed by atoms with E-state index in [2.05, 4.69) is 10.3 Å². The summed E-state index contributed by atoms with van der Waals surface area (Å²) in [6.07, 6.45) is 1.83. The first-order valence-electron chi connectivity index (χ1n) is 8.20. The van der Waals surface area contributed by atoms with E-state index in [0.29, 0.717) is 5.89 Å². The van der Waals surface area contributed by atoms with E-state index in [9.17, 15) is 13.6 Å². The summed E-state index contributed by atoms with van der Waals surface area (Å²) in [5.41, 5.74) is 3.02. The van der Waals surface area contributed by atoms with Crippen LogP contribution in [0.25, 0.3) is 11.3 Å². The first kappa shape index (κ1) is 17.8. The molecular weight excluding hydrogens is 338 g/mol. The molecule has 3 aromatic rings. The number of oxazole rings is 1. The number of halogens is 2. The van der Waals surface area contributed by atoms with Crippen molar-refractivity contribution in [3.05, 3.63) is 71.2 Å². The van der Waals surface area contributed by atoms with Gasteiger partial charge in [0.15, 0.2) is 11.7 Å². The highest BCUT2D eigenvalue weighted by Gasteiger charge is 2.13. The summed E-state index contributed by atoms with van der Waals surface area (Å²) in [6, 6.07) is 8.94. The normalized spacial score (nSPS) is 10.8. The molecule has 0 saturated heterocycles. The Hall–Kier alpha value is -3.02. The summed E-state index contributed by atoms with van der Waals surface area (Å²) >= 11 is 0. The minimum absolute atomic E-state index is 0.130. The number of hydrogen-bond acceptors (Lipinski definition) is 3. The second-order valence-corrected chi connectivity index (χ2v) is 6.04. The number of anilines is 1. The molecule has 6 heteroatoms. The average molecular weight is 356 g/mol. The lowest BCUT2D eigenvalue weighted by Crippen LogP contribution is -2.13. The number of amides is 1. The van der Waals surface area contributed by atoms with Crippen LogP contribution in [0.5, 0.6) is 0 Å². The Bertz CT molecular complexity index is 951. The van der Waals surface area contributed by atoms with Gasteiger partial charge in [0, 0.05) is 24.6 Å². The molecule has 1 heterocycles. The molecule has 4 nitrogen and oxygen atoms in total. The second-order valence-electron chi connectivity index (χ2n) is 6.04. The monoisotopic (exact) mass is 356 g/mol. The lowest BCUT2D eigenvalue weighted by molar-refractivity contribution is -0.116. The van der Waals surface area contributed by atoms with E-state index >= 15 is 0 Å². The van der Waals surface area contributed by atoms with Crippen LogP contribution >= 0.6 is 0 Å². The van der Waals surface area contributed by atoms with Crippen LogP contribution in [0, 0.1) is 25.5 Å². The molecule has 26 heavy (non-hydrogen) atoms. The summed E-state index contributed by atoms with van der Waals surface area (Å²) in [5.74, 6) is -1.02. The van der Waals surface area contributed by atoms with Crippen molar-refractivity contribution in [3.63, 3.8) is 0 Å². The van der Waals surface area contributed by atoms with Gasteiger partial charge in [0.25, 0.3) is 0 Å². The van der Waals surface area contributed by atoms with Gasteiger partial charge in [-0.05, 0) is 43.2 Å². The van der Waals surface area contributed by atoms with Gasteiger partial charge in [-0.15, -0.1) is 0 Å². The van der Waals surface area contributed by atoms with E-state index in [0.717, 1.165) is 28.9 Å². The third-order valence-electron chi connectivity index (χ3n) is 4.19. The Morgan fingerprint density at radius 1 is 1.19 bits per heavy atom. The van der Waals surface area contributed by atoms with Gasteiger partial charge in [0.2, 0.25) is 5.91 Å². The molecule has 0 saturated carbocycles. The molecule has 0 atom stereocenters. The van der Waals surface area contributed by atoms with Crippen LogP contribution in [0.1, 0.15) is 23.4 Å². The average Bonchev–Trinajstić information content (AvgIpc) is 3.06. The zero-order chi connectivity index (χ0) is 18.7. The van der Waals surface area contributed by atoms with Gasteiger partial charge in [-0.25, -0.2) is 13.8 Å². The lowest BCUT2D eigenvalue weighted by atomic mass is 10.1. The Kier molecular flexibility index (Phi) is 5.11. The van der Waals surface area contributed by atoms with Gasteiger partial charge >= 0.3 is 0 Å². The molecule has 0 radical (unpaired) electrons. The number of benzene rings is 2. The fraction of sp³-hybridized carbons (Fsp3) is 0.200. The van der Waals surface area contributed by atoms with Gasteiger partial charge in [0.1, 0.15) is 11.6 Å². The predicted molar refractivity (Wildman–Crippen MR) is 94.7 cm³/mol. The highest BCUT2D eigenvalue weighted by Crippen LogP contribution is 2.25. The van der Waals surface area contributed by atoms with E-state index in [4.69, 9.17) is 4.42 Å². The first-order valence-corrected chi connectivity index (χ1v) is 8.20. The molecule has 0 aliphatic rings. The topological polar surface area (TPSA) is 55.1 Å². The molecule has 2 aromatic carbocycles. The van der Waals surface area contributed by atoms with E-state index in [1.165, 1.54) is 12.3 Å². The molecule has 0 fully saturated rings. The highest BCUT2D eigenvalue weighted by atomic mass is 19.1. The SMILES string of the molecule is Cc1cccc(NC(=O)CCc2ncc(-c3ccc(F)cc3F)o2)c1C. The summed E-state index contributed by atoms with van der Waals surface area (Å²) in [7, 11) is 0. The summed E-state index contributed by atoms with van der Waals surface area (Å²) < 4.78 is 32.2. The quantitative estimate of drug-likeness (QED) is 0.714. The van der Waals surface area contributed by atoms with Crippen LogP contribution in [0.3, 0.4) is 0 Å². The molecule has 0 aliphatic heterocycles. The zero-order valence-corrected chi connectivity index (χ0v) is 14.5. The molecule has 134 valence electrons. The Morgan fingerprint density at radius 2 is 2.00 bits per heavy atom. The fourth-order valence-corrected chi connectivity index (χ4v) is 2.56. The largest absolute Gasteiger partial charge is 0.441 e. The van der Waals surface area contributed by atoms with E-state index < -0.39 is 11.6 Å². The van der Waals surface area contributed by atoms with Crippen molar-refractivity contribution in [2.75, 3.05) is 5.32 Å². The minimum Gasteiger partial charge on any atom is -0.441 e. The molecule has 1 amide bonds. The van der Waals surface area contributed by atoms with Crippen molar-refractivity contribution >= 4 is 11.6 Å². The second kappa shape index (κ2) is 7.47. The zero-order valence-electron chi connectivity index (χ0n) is 14.5. The summed E-state index contributed by atoms with van der Waals surface area (Å²) in [5, 5.41) is 2.87. The Morgan fingerprint density at radius 3 is 2.77 bits per heavy atom. The number of hydrogen-bond donors (Lipinski definition) is 1. The van der Waals surface area contributed by atoms with Crippen LogP contribution < -0.4 is 5.32 Å². The van der Waals surface area contributed by atoms with Crippen LogP contribution in [-0.2, 0) is 11.2 Å². The van der Waals surface area contributed by atoms with Crippen molar-refractivity contribution in [2.45, 2.75) is 26.7 Å². The van der Waals surface area contributed by atoms with Gasteiger partial charge in [-0.3, -0.25) is 4.79 Å². The van der Waals surface area contributed by atoms with Crippen molar-refractivity contribution in [1.82, 2.24) is 4.98 Å². The Labute approximate surface area is 149 Å². The number of nitrogens with one attached hydrogen (secondary N) is 1. The molecule has 0 spiro atoms. The van der Waals surface area contributed by atoms with Gasteiger partial charge in [0.05, 0.1) is 11.8 Å². The fourth-order valence-electron chi connectivity index (χ4n) is 2.56. The molecule has 0 unspecified atom stereocenters. The van der Waals surface area contributed by atoms with Crippen molar-refractivity contribution < 1.29 is 18.0 Å². The van der Waals surface area contributed by atoms with E-state index in [1.807, 2.05) is 32.0 Å². The van der Waals surface area contributed by atoms with E-state index in [-0.39, 0.29) is 30.1 Å². The van der Waals surface area contributed by atoms with Crippen LogP contribution in [-0.4, -0.2) is 10.9 Å². The molecule has 1 aromatic heterocycles. The molecule has 1 N–H and O–H groups in total. The number of rotatable bonds is 5. The smallest absolute Gasteiger partial charge is 0.224 e. The molecule has 0 aliphatic carbocycles. The maximum absolute atomic E-state index is 13.8. The van der Waals surface area contributed by atoms with E-state index in [1.54, 1.807) is 0 Å². The molecule has 0 bridgehead atoms. The third-order valence-corrected chi connectivity index (χ3v) is 4.19. The Balaban J connectivity index is 1.63. The predicted octanol–water partition coefficient (Wildman–Crippen LogP) is 4.81. The maximum Gasteiger partial charge on any atom is 0.224 e. The summed E-state index contributed by atoms with van der Waals surface area (Å²) in [6.45, 7) is 3.93. The number of aryl methyl sites for hydroxylation is 2. The maximum atomic E-state index is 13.8. The van der Waals surface area contributed by atoms with Crippen molar-refractivity contribution in [2.24, 2.45) is 0 Å². The van der Waals surface area contributed by atoms with Gasteiger partial charge < -0.3 is 9.73 Å². The number of aromatic nitrogens is 1. The van der Waals surface area contributed by atoms with Crippen molar-refractivity contribution in [3.8, 4) is 11.3 Å². The summed E-state index contributed by atoms with van der Waals surface area (Å²) in [4.78, 5) is 16.2. The van der Waals surface area contributed by atoms with Crippen LogP contribution in [0.4, 0.5) is 14.5 Å². The molecule has 3 rings (SSSR count). The van der Waals surface area contributed by atoms with Gasteiger partial charge in [-0.1, -0.05) is 12.1 Å². The third kappa shape index (κ3) is 3.96. The minimum atomic E-state index is -0.722. The van der Waals surface area contributed by atoms with Crippen LogP contribution in [0.15, 0.2) is 47.0 Å². The van der Waals surface area contributed by atoms with Gasteiger partial charge in [-0.2, -0.15) is 0 Å². The van der Waals surface area contributed by atoms with Crippen molar-refractivity contribution in [1.29, 1.82) is 0 Å². The highest BCUT2D eigenvalue weighted by molar-refractivity contribution is 5.91. The number of carbonyl (C=O) groups excluding carboxylic acids is 1. The lowest BCUT2D eigenvalue weighted by Gasteiger charge is -2.09.